The molecule has 1 aromatic carbocycles. The van der Waals surface area contributed by atoms with E-state index < -0.39 is 0 Å². The minimum absolute atomic E-state index is 0.0397. The molecule has 0 heterocycles. The molecule has 0 aliphatic carbocycles. The van der Waals surface area contributed by atoms with Gasteiger partial charge in [0, 0.05) is 23.0 Å². The van der Waals surface area contributed by atoms with Gasteiger partial charge in [0.05, 0.1) is 0 Å². The maximum absolute atomic E-state index is 11.4. The Balaban J connectivity index is 2.51. The standard InChI is InChI=1S/C12H15Cl2NO/c1-2-8-15-12(16)7-6-9-10(13)4-3-5-11(9)14/h3-5H,2,6-8H2,1H3,(H,15,16). The smallest absolute Gasteiger partial charge is 0.220 e. The molecule has 2 nitrogen and oxygen atoms in total. The van der Waals surface area contributed by atoms with Crippen LogP contribution < -0.4 is 5.32 Å². The predicted octanol–water partition coefficient (Wildman–Crippen LogP) is 3.45. The molecule has 1 amide bonds. The summed E-state index contributed by atoms with van der Waals surface area (Å²) in [5.41, 5.74) is 0.845. The lowest BCUT2D eigenvalue weighted by Gasteiger charge is -2.07. The van der Waals surface area contributed by atoms with Gasteiger partial charge < -0.3 is 5.32 Å². The molecule has 1 N–H and O–H groups in total. The average Bonchev–Trinajstić information content (AvgIpc) is 2.25. The molecule has 0 fully saturated rings. The molecule has 88 valence electrons. The molecule has 0 aromatic heterocycles. The molecule has 0 spiro atoms. The number of rotatable bonds is 5. The molecule has 0 saturated carbocycles. The SMILES string of the molecule is CCCNC(=O)CCc1c(Cl)cccc1Cl. The van der Waals surface area contributed by atoms with E-state index in [0.29, 0.717) is 22.9 Å². The van der Waals surface area contributed by atoms with Gasteiger partial charge in [-0.3, -0.25) is 4.79 Å². The first kappa shape index (κ1) is 13.3. The van der Waals surface area contributed by atoms with Crippen molar-refractivity contribution in [3.63, 3.8) is 0 Å². The highest BCUT2D eigenvalue weighted by molar-refractivity contribution is 6.36. The normalized spacial score (nSPS) is 10.2. The van der Waals surface area contributed by atoms with Gasteiger partial charge in [-0.15, -0.1) is 0 Å². The van der Waals surface area contributed by atoms with Gasteiger partial charge in [-0.1, -0.05) is 36.2 Å². The summed E-state index contributed by atoms with van der Waals surface area (Å²) in [6.07, 6.45) is 1.94. The van der Waals surface area contributed by atoms with Crippen LogP contribution in [0, 0.1) is 0 Å². The van der Waals surface area contributed by atoms with E-state index in [2.05, 4.69) is 5.32 Å². The van der Waals surface area contributed by atoms with Crippen LogP contribution in [0.1, 0.15) is 25.3 Å². The fourth-order valence-corrected chi connectivity index (χ4v) is 1.95. The summed E-state index contributed by atoms with van der Waals surface area (Å²) in [6, 6.07) is 5.37. The molecule has 1 rings (SSSR count). The Morgan fingerprint density at radius 2 is 1.94 bits per heavy atom. The number of benzene rings is 1. The van der Waals surface area contributed by atoms with Crippen molar-refractivity contribution in [2.45, 2.75) is 26.2 Å². The van der Waals surface area contributed by atoms with Crippen LogP contribution in [0.25, 0.3) is 0 Å². The molecule has 0 atom stereocenters. The van der Waals surface area contributed by atoms with Crippen LogP contribution in [0.2, 0.25) is 10.0 Å². The molecule has 0 radical (unpaired) electrons. The quantitative estimate of drug-likeness (QED) is 0.863. The van der Waals surface area contributed by atoms with Crippen molar-refractivity contribution in [2.75, 3.05) is 6.54 Å². The Labute approximate surface area is 106 Å². The number of amides is 1. The minimum Gasteiger partial charge on any atom is -0.356 e. The lowest BCUT2D eigenvalue weighted by Crippen LogP contribution is -2.24. The van der Waals surface area contributed by atoms with Crippen LogP contribution in [0.4, 0.5) is 0 Å². The molecule has 1 aromatic rings. The zero-order valence-corrected chi connectivity index (χ0v) is 10.7. The molecule has 0 aliphatic heterocycles. The first-order valence-corrected chi connectivity index (χ1v) is 6.10. The Kier molecular flexibility index (Phi) is 5.64. The Morgan fingerprint density at radius 3 is 2.50 bits per heavy atom. The largest absolute Gasteiger partial charge is 0.356 e. The molecule has 0 bridgehead atoms. The third-order valence-electron chi connectivity index (χ3n) is 2.24. The summed E-state index contributed by atoms with van der Waals surface area (Å²) in [6.45, 7) is 2.74. The van der Waals surface area contributed by atoms with Crippen molar-refractivity contribution in [3.05, 3.63) is 33.8 Å². The van der Waals surface area contributed by atoms with Gasteiger partial charge in [-0.2, -0.15) is 0 Å². The fraction of sp³-hybridized carbons (Fsp3) is 0.417. The topological polar surface area (TPSA) is 29.1 Å². The van der Waals surface area contributed by atoms with Crippen molar-refractivity contribution in [1.82, 2.24) is 5.32 Å². The van der Waals surface area contributed by atoms with Gasteiger partial charge in [-0.05, 0) is 30.5 Å². The lowest BCUT2D eigenvalue weighted by atomic mass is 10.1. The molecule has 4 heteroatoms. The van der Waals surface area contributed by atoms with Crippen LogP contribution in [-0.4, -0.2) is 12.5 Å². The van der Waals surface area contributed by atoms with Crippen molar-refractivity contribution in [1.29, 1.82) is 0 Å². The van der Waals surface area contributed by atoms with Crippen molar-refractivity contribution >= 4 is 29.1 Å². The number of hydrogen-bond acceptors (Lipinski definition) is 1. The third kappa shape index (κ3) is 4.03. The highest BCUT2D eigenvalue weighted by Gasteiger charge is 2.07. The fourth-order valence-electron chi connectivity index (χ4n) is 1.36. The van der Waals surface area contributed by atoms with Crippen LogP contribution in [0.15, 0.2) is 18.2 Å². The second-order valence-electron chi connectivity index (χ2n) is 3.55. The van der Waals surface area contributed by atoms with Gasteiger partial charge >= 0.3 is 0 Å². The minimum atomic E-state index is 0.0397. The van der Waals surface area contributed by atoms with E-state index in [1.807, 2.05) is 6.92 Å². The van der Waals surface area contributed by atoms with Crippen molar-refractivity contribution < 1.29 is 4.79 Å². The zero-order chi connectivity index (χ0) is 12.0. The second kappa shape index (κ2) is 6.77. The number of hydrogen-bond donors (Lipinski definition) is 1. The highest BCUT2D eigenvalue weighted by atomic mass is 35.5. The van der Waals surface area contributed by atoms with Crippen LogP contribution in [0.3, 0.4) is 0 Å². The van der Waals surface area contributed by atoms with Gasteiger partial charge in [0.25, 0.3) is 0 Å². The van der Waals surface area contributed by atoms with Gasteiger partial charge in [0.15, 0.2) is 0 Å². The van der Waals surface area contributed by atoms with E-state index in [4.69, 9.17) is 23.2 Å². The second-order valence-corrected chi connectivity index (χ2v) is 4.36. The number of carbonyl (C=O) groups is 1. The molecular formula is C12H15Cl2NO. The van der Waals surface area contributed by atoms with Crippen LogP contribution in [0.5, 0.6) is 0 Å². The summed E-state index contributed by atoms with van der Waals surface area (Å²) in [5.74, 6) is 0.0397. The van der Waals surface area contributed by atoms with Gasteiger partial charge in [0.1, 0.15) is 0 Å². The zero-order valence-electron chi connectivity index (χ0n) is 9.22. The maximum Gasteiger partial charge on any atom is 0.220 e. The summed E-state index contributed by atoms with van der Waals surface area (Å²) < 4.78 is 0. The Morgan fingerprint density at radius 1 is 1.31 bits per heavy atom. The van der Waals surface area contributed by atoms with Crippen molar-refractivity contribution in [3.8, 4) is 0 Å². The molecule has 0 unspecified atom stereocenters. The maximum atomic E-state index is 11.4. The van der Waals surface area contributed by atoms with E-state index in [0.717, 1.165) is 18.5 Å². The van der Waals surface area contributed by atoms with Crippen molar-refractivity contribution in [2.24, 2.45) is 0 Å². The number of halogens is 2. The van der Waals surface area contributed by atoms with Crippen LogP contribution >= 0.6 is 23.2 Å². The highest BCUT2D eigenvalue weighted by Crippen LogP contribution is 2.25. The molecular weight excluding hydrogens is 245 g/mol. The van der Waals surface area contributed by atoms with Crippen LogP contribution in [-0.2, 0) is 11.2 Å². The Bertz CT molecular complexity index is 346. The first-order chi connectivity index (χ1) is 7.65. The average molecular weight is 260 g/mol. The summed E-state index contributed by atoms with van der Waals surface area (Å²) in [4.78, 5) is 11.4. The summed E-state index contributed by atoms with van der Waals surface area (Å²) in [7, 11) is 0. The molecule has 0 aliphatic rings. The summed E-state index contributed by atoms with van der Waals surface area (Å²) >= 11 is 12.0. The van der Waals surface area contributed by atoms with E-state index in [9.17, 15) is 4.79 Å². The Hall–Kier alpha value is -0.730. The van der Waals surface area contributed by atoms with E-state index in [1.54, 1.807) is 18.2 Å². The first-order valence-electron chi connectivity index (χ1n) is 5.34. The predicted molar refractivity (Wildman–Crippen MR) is 68.1 cm³/mol. The van der Waals surface area contributed by atoms with E-state index >= 15 is 0 Å². The van der Waals surface area contributed by atoms with E-state index in [1.165, 1.54) is 0 Å². The molecule has 16 heavy (non-hydrogen) atoms. The van der Waals surface area contributed by atoms with E-state index in [-0.39, 0.29) is 5.91 Å². The lowest BCUT2D eigenvalue weighted by molar-refractivity contribution is -0.121. The number of carbonyl (C=O) groups excluding carboxylic acids is 1. The summed E-state index contributed by atoms with van der Waals surface area (Å²) in [5, 5.41) is 4.06. The number of nitrogens with one attached hydrogen (secondary N) is 1. The van der Waals surface area contributed by atoms with Gasteiger partial charge in [0.2, 0.25) is 5.91 Å². The monoisotopic (exact) mass is 259 g/mol. The van der Waals surface area contributed by atoms with Gasteiger partial charge in [-0.25, -0.2) is 0 Å². The third-order valence-corrected chi connectivity index (χ3v) is 2.94. The molecule has 0 saturated heterocycles.